The second-order valence-corrected chi connectivity index (χ2v) is 6.68. The Bertz CT molecular complexity index is 715. The van der Waals surface area contributed by atoms with Crippen molar-refractivity contribution in [3.8, 4) is 0 Å². The van der Waals surface area contributed by atoms with Gasteiger partial charge in [0.2, 0.25) is 0 Å². The van der Waals surface area contributed by atoms with Crippen molar-refractivity contribution in [1.82, 2.24) is 0 Å². The van der Waals surface area contributed by atoms with E-state index >= 15 is 0 Å². The highest BCUT2D eigenvalue weighted by Gasteiger charge is 2.17. The molecule has 0 spiro atoms. The molecule has 0 aromatic heterocycles. The van der Waals surface area contributed by atoms with Crippen LogP contribution >= 0.6 is 47.8 Å². The van der Waals surface area contributed by atoms with Gasteiger partial charge in [0.15, 0.2) is 11.6 Å². The van der Waals surface area contributed by atoms with Crippen LogP contribution in [0.3, 0.4) is 0 Å². The zero-order chi connectivity index (χ0) is 15.7. The maximum Gasteiger partial charge on any atom is 0.257 e. The van der Waals surface area contributed by atoms with Gasteiger partial charge >= 0.3 is 0 Å². The molecule has 2 aromatic carbocycles. The molecule has 0 saturated carbocycles. The quantitative estimate of drug-likeness (QED) is 0.584. The second kappa shape index (κ2) is 6.41. The SMILES string of the molecule is Nc1cc(F)c(F)cc1C(=O)Nc1c(Br)cc(Br)cc1Br. The molecule has 2 aromatic rings. The Hall–Kier alpha value is -0.990. The van der Waals surface area contributed by atoms with Crippen molar-refractivity contribution in [2.24, 2.45) is 0 Å². The minimum absolute atomic E-state index is 0.143. The summed E-state index contributed by atoms with van der Waals surface area (Å²) in [5.41, 5.74) is 5.71. The van der Waals surface area contributed by atoms with E-state index in [4.69, 9.17) is 5.73 Å². The normalized spacial score (nSPS) is 10.5. The van der Waals surface area contributed by atoms with E-state index in [9.17, 15) is 13.6 Å². The van der Waals surface area contributed by atoms with Crippen molar-refractivity contribution in [1.29, 1.82) is 0 Å². The number of benzene rings is 2. The van der Waals surface area contributed by atoms with E-state index in [1.807, 2.05) is 0 Å². The molecule has 21 heavy (non-hydrogen) atoms. The summed E-state index contributed by atoms with van der Waals surface area (Å²) in [6.45, 7) is 0. The number of hydrogen-bond acceptors (Lipinski definition) is 2. The molecule has 0 aliphatic rings. The number of nitrogens with two attached hydrogens (primary N) is 1. The molecule has 0 bridgehead atoms. The number of hydrogen-bond donors (Lipinski definition) is 2. The van der Waals surface area contributed by atoms with Crippen LogP contribution < -0.4 is 11.1 Å². The van der Waals surface area contributed by atoms with E-state index in [2.05, 4.69) is 53.1 Å². The Balaban J connectivity index is 2.37. The van der Waals surface area contributed by atoms with E-state index in [0.29, 0.717) is 14.6 Å². The fourth-order valence-electron chi connectivity index (χ4n) is 1.60. The van der Waals surface area contributed by atoms with Crippen LogP contribution in [0.25, 0.3) is 0 Å². The third kappa shape index (κ3) is 3.61. The highest BCUT2D eigenvalue weighted by molar-refractivity contribution is 9.11. The smallest absolute Gasteiger partial charge is 0.257 e. The zero-order valence-corrected chi connectivity index (χ0v) is 14.9. The highest BCUT2D eigenvalue weighted by atomic mass is 79.9. The maximum atomic E-state index is 13.2. The lowest BCUT2D eigenvalue weighted by atomic mass is 10.1. The van der Waals surface area contributed by atoms with Gasteiger partial charge < -0.3 is 11.1 Å². The summed E-state index contributed by atoms with van der Waals surface area (Å²) in [6, 6.07) is 5.00. The van der Waals surface area contributed by atoms with E-state index in [1.54, 1.807) is 12.1 Å². The minimum atomic E-state index is -1.14. The maximum absolute atomic E-state index is 13.2. The number of anilines is 2. The van der Waals surface area contributed by atoms with Crippen molar-refractivity contribution in [2.45, 2.75) is 0 Å². The van der Waals surface area contributed by atoms with Gasteiger partial charge in [0, 0.05) is 25.2 Å². The number of amides is 1. The number of nitrogen functional groups attached to an aromatic ring is 1. The predicted molar refractivity (Wildman–Crippen MR) is 88.3 cm³/mol. The molecule has 2 rings (SSSR count). The number of carbonyl (C=O) groups excluding carboxylic acids is 1. The third-order valence-electron chi connectivity index (χ3n) is 2.58. The van der Waals surface area contributed by atoms with Gasteiger partial charge in [-0.2, -0.15) is 0 Å². The molecular weight excluding hydrogens is 478 g/mol. The molecule has 0 aliphatic heterocycles. The summed E-state index contributed by atoms with van der Waals surface area (Å²) in [7, 11) is 0. The van der Waals surface area contributed by atoms with Crippen molar-refractivity contribution >= 4 is 65.1 Å². The van der Waals surface area contributed by atoms with Gasteiger partial charge in [0.25, 0.3) is 5.91 Å². The fourth-order valence-corrected chi connectivity index (χ4v) is 4.06. The number of carbonyl (C=O) groups is 1. The molecule has 0 heterocycles. The predicted octanol–water partition coefficient (Wildman–Crippen LogP) is 5.09. The lowest BCUT2D eigenvalue weighted by Crippen LogP contribution is -2.15. The van der Waals surface area contributed by atoms with Gasteiger partial charge in [-0.05, 0) is 50.1 Å². The second-order valence-electron chi connectivity index (χ2n) is 4.05. The molecular formula is C13H7Br3F2N2O. The van der Waals surface area contributed by atoms with Crippen molar-refractivity contribution in [2.75, 3.05) is 11.1 Å². The Morgan fingerprint density at radius 1 is 1.00 bits per heavy atom. The standard InChI is InChI=1S/C13H7Br3F2N2O/c14-5-1-7(15)12(8(16)2-5)20-13(21)6-3-9(17)10(18)4-11(6)19/h1-4H,19H2,(H,20,21). The lowest BCUT2D eigenvalue weighted by molar-refractivity contribution is 0.102. The molecule has 3 N–H and O–H groups in total. The summed E-state index contributed by atoms with van der Waals surface area (Å²) in [5, 5.41) is 2.59. The van der Waals surface area contributed by atoms with Crippen LogP contribution in [0.15, 0.2) is 37.7 Å². The molecule has 0 radical (unpaired) electrons. The van der Waals surface area contributed by atoms with Gasteiger partial charge in [-0.1, -0.05) is 15.9 Å². The van der Waals surface area contributed by atoms with Crippen LogP contribution in [0.5, 0.6) is 0 Å². The van der Waals surface area contributed by atoms with E-state index in [-0.39, 0.29) is 11.3 Å². The minimum Gasteiger partial charge on any atom is -0.398 e. The van der Waals surface area contributed by atoms with E-state index < -0.39 is 17.5 Å². The number of nitrogens with one attached hydrogen (secondary N) is 1. The van der Waals surface area contributed by atoms with E-state index in [1.165, 1.54) is 0 Å². The molecule has 8 heteroatoms. The van der Waals surface area contributed by atoms with Crippen LogP contribution in [-0.4, -0.2) is 5.91 Å². The first-order valence-corrected chi connectivity index (χ1v) is 7.88. The Kier molecular flexibility index (Phi) is 5.00. The molecule has 110 valence electrons. The lowest BCUT2D eigenvalue weighted by Gasteiger charge is -2.12. The van der Waals surface area contributed by atoms with Crippen LogP contribution in [0.4, 0.5) is 20.2 Å². The van der Waals surface area contributed by atoms with Gasteiger partial charge in [-0.15, -0.1) is 0 Å². The van der Waals surface area contributed by atoms with Gasteiger partial charge in [-0.3, -0.25) is 4.79 Å². The number of halogens is 5. The summed E-state index contributed by atoms with van der Waals surface area (Å²) in [6.07, 6.45) is 0. The molecule has 0 saturated heterocycles. The third-order valence-corrected chi connectivity index (χ3v) is 4.29. The molecule has 0 fully saturated rings. The summed E-state index contributed by atoms with van der Waals surface area (Å²) in [5.74, 6) is -2.88. The molecule has 0 aliphatic carbocycles. The Morgan fingerprint density at radius 3 is 2.10 bits per heavy atom. The van der Waals surface area contributed by atoms with Gasteiger partial charge in [-0.25, -0.2) is 8.78 Å². The number of rotatable bonds is 2. The summed E-state index contributed by atoms with van der Waals surface area (Å²) in [4.78, 5) is 12.2. The molecule has 3 nitrogen and oxygen atoms in total. The fraction of sp³-hybridized carbons (Fsp3) is 0. The monoisotopic (exact) mass is 482 g/mol. The molecule has 0 unspecified atom stereocenters. The summed E-state index contributed by atoms with van der Waals surface area (Å²) >= 11 is 9.91. The van der Waals surface area contributed by atoms with Gasteiger partial charge in [0.1, 0.15) is 0 Å². The van der Waals surface area contributed by atoms with Crippen LogP contribution in [0.1, 0.15) is 10.4 Å². The van der Waals surface area contributed by atoms with Crippen molar-refractivity contribution in [3.63, 3.8) is 0 Å². The van der Waals surface area contributed by atoms with E-state index in [0.717, 1.165) is 16.6 Å². The first-order chi connectivity index (χ1) is 9.79. The first-order valence-electron chi connectivity index (χ1n) is 5.50. The average Bonchev–Trinajstić information content (AvgIpc) is 2.37. The Labute approximate surface area is 144 Å². The van der Waals surface area contributed by atoms with Crippen LogP contribution in [0, 0.1) is 11.6 Å². The summed E-state index contributed by atoms with van der Waals surface area (Å²) < 4.78 is 28.3. The average molecular weight is 485 g/mol. The van der Waals surface area contributed by atoms with Crippen molar-refractivity contribution < 1.29 is 13.6 Å². The zero-order valence-electron chi connectivity index (χ0n) is 10.2. The van der Waals surface area contributed by atoms with Crippen molar-refractivity contribution in [3.05, 3.63) is 54.9 Å². The van der Waals surface area contributed by atoms with Crippen LogP contribution in [-0.2, 0) is 0 Å². The van der Waals surface area contributed by atoms with Gasteiger partial charge in [0.05, 0.1) is 11.3 Å². The Morgan fingerprint density at radius 2 is 1.52 bits per heavy atom. The topological polar surface area (TPSA) is 55.1 Å². The van der Waals surface area contributed by atoms with Crippen LogP contribution in [0.2, 0.25) is 0 Å². The largest absolute Gasteiger partial charge is 0.398 e. The highest BCUT2D eigenvalue weighted by Crippen LogP contribution is 2.35. The molecule has 1 amide bonds. The first kappa shape index (κ1) is 16.4. The molecule has 0 atom stereocenters.